The topological polar surface area (TPSA) is 41.6 Å². The average molecular weight is 223 g/mol. The monoisotopic (exact) mass is 223 g/mol. The fraction of sp³-hybridized carbons (Fsp3) is 0.923. The van der Waals surface area contributed by atoms with Gasteiger partial charge in [-0.15, -0.1) is 0 Å². The second-order valence-corrected chi connectivity index (χ2v) is 5.73. The molecule has 2 atom stereocenters. The van der Waals surface area contributed by atoms with Crippen LogP contribution in [0.4, 0.5) is 0 Å². The maximum atomic E-state index is 6.05. The van der Waals surface area contributed by atoms with E-state index >= 15 is 0 Å². The minimum Gasteiger partial charge on any atom is -0.370 e. The van der Waals surface area contributed by atoms with Crippen molar-refractivity contribution < 1.29 is 0 Å². The fourth-order valence-corrected chi connectivity index (χ4v) is 3.61. The van der Waals surface area contributed by atoms with Crippen LogP contribution in [0.2, 0.25) is 0 Å². The second-order valence-electron chi connectivity index (χ2n) is 5.73. The molecule has 2 aliphatic rings. The first-order chi connectivity index (χ1) is 7.59. The van der Waals surface area contributed by atoms with E-state index in [1.807, 2.05) is 0 Å². The van der Waals surface area contributed by atoms with Crippen molar-refractivity contribution in [1.82, 2.24) is 4.90 Å². The zero-order valence-corrected chi connectivity index (χ0v) is 10.9. The average Bonchev–Trinajstić information content (AvgIpc) is 2.55. The van der Waals surface area contributed by atoms with Gasteiger partial charge in [0, 0.05) is 6.04 Å². The largest absolute Gasteiger partial charge is 0.370 e. The van der Waals surface area contributed by atoms with Crippen LogP contribution in [-0.4, -0.2) is 29.0 Å². The van der Waals surface area contributed by atoms with Crippen LogP contribution >= 0.6 is 0 Å². The molecule has 0 bridgehead atoms. The molecule has 1 aliphatic heterocycles. The number of nitrogens with zero attached hydrogens (tertiary/aromatic N) is 2. The molecule has 1 saturated carbocycles. The summed E-state index contributed by atoms with van der Waals surface area (Å²) in [5, 5.41) is 0. The number of aliphatic imine (C=N–C) groups is 1. The first kappa shape index (κ1) is 11.7. The summed E-state index contributed by atoms with van der Waals surface area (Å²) < 4.78 is 0. The van der Waals surface area contributed by atoms with Gasteiger partial charge >= 0.3 is 0 Å². The lowest BCUT2D eigenvalue weighted by Crippen LogP contribution is -2.56. The molecule has 1 fully saturated rings. The molecule has 1 heterocycles. The lowest BCUT2D eigenvalue weighted by atomic mass is 9.74. The molecule has 0 amide bonds. The molecule has 0 aromatic heterocycles. The minimum atomic E-state index is 0.261. The Kier molecular flexibility index (Phi) is 3.13. The number of rotatable bonds is 2. The SMILES string of the molecule is CCC1CCCC2(CN=C(N)N2C(C)C)C1. The standard InChI is InChI=1S/C13H25N3/c1-4-11-6-5-7-13(8-11)9-15-12(14)16(13)10(2)3/h10-11H,4-9H2,1-3H3,(H2,14,15). The highest BCUT2D eigenvalue weighted by atomic mass is 15.4. The van der Waals surface area contributed by atoms with Gasteiger partial charge < -0.3 is 10.6 Å². The van der Waals surface area contributed by atoms with Crippen LogP contribution in [0.15, 0.2) is 4.99 Å². The van der Waals surface area contributed by atoms with Gasteiger partial charge in [0.1, 0.15) is 0 Å². The number of hydrogen-bond donors (Lipinski definition) is 1. The molecule has 1 aliphatic carbocycles. The summed E-state index contributed by atoms with van der Waals surface area (Å²) in [4.78, 5) is 6.89. The summed E-state index contributed by atoms with van der Waals surface area (Å²) in [6.45, 7) is 7.69. The van der Waals surface area contributed by atoms with Crippen LogP contribution in [0.5, 0.6) is 0 Å². The van der Waals surface area contributed by atoms with Crippen molar-refractivity contribution in [2.75, 3.05) is 6.54 Å². The van der Waals surface area contributed by atoms with Gasteiger partial charge in [0.15, 0.2) is 5.96 Å². The van der Waals surface area contributed by atoms with Gasteiger partial charge in [0.2, 0.25) is 0 Å². The van der Waals surface area contributed by atoms with E-state index in [2.05, 4.69) is 30.7 Å². The molecule has 0 saturated heterocycles. The first-order valence-corrected chi connectivity index (χ1v) is 6.68. The van der Waals surface area contributed by atoms with Gasteiger partial charge in [-0.1, -0.05) is 26.2 Å². The Morgan fingerprint density at radius 3 is 2.94 bits per heavy atom. The Morgan fingerprint density at radius 1 is 1.56 bits per heavy atom. The van der Waals surface area contributed by atoms with Crippen molar-refractivity contribution in [3.8, 4) is 0 Å². The third-order valence-corrected chi connectivity index (χ3v) is 4.31. The smallest absolute Gasteiger partial charge is 0.192 e. The van der Waals surface area contributed by atoms with E-state index in [1.165, 1.54) is 32.1 Å². The summed E-state index contributed by atoms with van der Waals surface area (Å²) in [6, 6.07) is 0.474. The molecular weight excluding hydrogens is 198 g/mol. The highest BCUT2D eigenvalue weighted by molar-refractivity contribution is 5.81. The molecule has 3 nitrogen and oxygen atoms in total. The minimum absolute atomic E-state index is 0.261. The van der Waals surface area contributed by atoms with Crippen molar-refractivity contribution >= 4 is 5.96 Å². The van der Waals surface area contributed by atoms with Crippen molar-refractivity contribution in [2.24, 2.45) is 16.6 Å². The zero-order valence-electron chi connectivity index (χ0n) is 10.9. The zero-order chi connectivity index (χ0) is 11.8. The van der Waals surface area contributed by atoms with Crippen molar-refractivity contribution in [3.05, 3.63) is 0 Å². The molecular formula is C13H25N3. The molecule has 2 N–H and O–H groups in total. The van der Waals surface area contributed by atoms with Crippen molar-refractivity contribution in [3.63, 3.8) is 0 Å². The molecule has 0 radical (unpaired) electrons. The highest BCUT2D eigenvalue weighted by Crippen LogP contribution is 2.41. The quantitative estimate of drug-likeness (QED) is 0.781. The Labute approximate surface area is 99.1 Å². The fourth-order valence-electron chi connectivity index (χ4n) is 3.61. The van der Waals surface area contributed by atoms with E-state index in [4.69, 9.17) is 5.73 Å². The van der Waals surface area contributed by atoms with Crippen LogP contribution in [0.1, 0.15) is 52.9 Å². The lowest BCUT2D eigenvalue weighted by Gasteiger charge is -2.46. The molecule has 92 valence electrons. The van der Waals surface area contributed by atoms with Gasteiger partial charge in [0.25, 0.3) is 0 Å². The molecule has 0 aromatic rings. The summed E-state index contributed by atoms with van der Waals surface area (Å²) in [5.74, 6) is 1.64. The van der Waals surface area contributed by atoms with Crippen LogP contribution in [0.25, 0.3) is 0 Å². The van der Waals surface area contributed by atoms with Gasteiger partial charge in [-0.05, 0) is 32.6 Å². The van der Waals surface area contributed by atoms with E-state index in [-0.39, 0.29) is 5.54 Å². The number of hydrogen-bond acceptors (Lipinski definition) is 3. The van der Waals surface area contributed by atoms with Gasteiger partial charge in [-0.2, -0.15) is 0 Å². The molecule has 16 heavy (non-hydrogen) atoms. The number of nitrogens with two attached hydrogens (primary N) is 1. The number of guanidine groups is 1. The third-order valence-electron chi connectivity index (χ3n) is 4.31. The highest BCUT2D eigenvalue weighted by Gasteiger charge is 2.45. The predicted octanol–water partition coefficient (Wildman–Crippen LogP) is 2.36. The first-order valence-electron chi connectivity index (χ1n) is 6.68. The van der Waals surface area contributed by atoms with Crippen LogP contribution in [0, 0.1) is 5.92 Å². The maximum Gasteiger partial charge on any atom is 0.192 e. The van der Waals surface area contributed by atoms with Crippen molar-refractivity contribution in [1.29, 1.82) is 0 Å². The Bertz CT molecular complexity index is 285. The van der Waals surface area contributed by atoms with Crippen LogP contribution in [0.3, 0.4) is 0 Å². The van der Waals surface area contributed by atoms with Crippen LogP contribution in [-0.2, 0) is 0 Å². The Hall–Kier alpha value is -0.730. The van der Waals surface area contributed by atoms with Gasteiger partial charge in [0.05, 0.1) is 12.1 Å². The molecule has 2 rings (SSSR count). The van der Waals surface area contributed by atoms with Gasteiger partial charge in [-0.3, -0.25) is 4.99 Å². The van der Waals surface area contributed by atoms with E-state index in [1.54, 1.807) is 0 Å². The molecule has 1 spiro atoms. The van der Waals surface area contributed by atoms with E-state index < -0.39 is 0 Å². The maximum absolute atomic E-state index is 6.05. The molecule has 2 unspecified atom stereocenters. The Balaban J connectivity index is 2.18. The van der Waals surface area contributed by atoms with E-state index in [9.17, 15) is 0 Å². The predicted molar refractivity (Wildman–Crippen MR) is 68.4 cm³/mol. The summed E-state index contributed by atoms with van der Waals surface area (Å²) in [7, 11) is 0. The van der Waals surface area contributed by atoms with E-state index in [0.717, 1.165) is 18.4 Å². The van der Waals surface area contributed by atoms with E-state index in [0.29, 0.717) is 6.04 Å². The second kappa shape index (κ2) is 4.27. The summed E-state index contributed by atoms with van der Waals surface area (Å²) in [5.41, 5.74) is 6.31. The summed E-state index contributed by atoms with van der Waals surface area (Å²) >= 11 is 0. The van der Waals surface area contributed by atoms with Crippen LogP contribution < -0.4 is 5.73 Å². The Morgan fingerprint density at radius 2 is 2.31 bits per heavy atom. The molecule has 3 heteroatoms. The van der Waals surface area contributed by atoms with Crippen molar-refractivity contribution in [2.45, 2.75) is 64.5 Å². The summed E-state index contributed by atoms with van der Waals surface area (Å²) in [6.07, 6.45) is 6.58. The molecule has 0 aromatic carbocycles. The third kappa shape index (κ3) is 1.80. The van der Waals surface area contributed by atoms with Gasteiger partial charge in [-0.25, -0.2) is 0 Å². The lowest BCUT2D eigenvalue weighted by molar-refractivity contribution is 0.0852. The normalized spacial score (nSPS) is 34.9.